The maximum absolute atomic E-state index is 12.6. The van der Waals surface area contributed by atoms with Crippen molar-refractivity contribution in [3.63, 3.8) is 0 Å². The third-order valence-corrected chi connectivity index (χ3v) is 7.58. The molecule has 6 heteroatoms. The summed E-state index contributed by atoms with van der Waals surface area (Å²) in [4.78, 5) is 37.9. The normalized spacial score (nSPS) is 10.8. The summed E-state index contributed by atoms with van der Waals surface area (Å²) in [6.07, 6.45) is 13.1. The molecule has 224 valence electrons. The number of amides is 2. The Kier molecular flexibility index (Phi) is 14.3. The van der Waals surface area contributed by atoms with E-state index in [0.717, 1.165) is 35.1 Å². The van der Waals surface area contributed by atoms with Crippen molar-refractivity contribution >= 4 is 17.8 Å². The van der Waals surface area contributed by atoms with Crippen LogP contribution in [0, 0.1) is 0 Å². The molecule has 0 saturated carbocycles. The second-order valence-corrected chi connectivity index (χ2v) is 11.0. The quantitative estimate of drug-likeness (QED) is 0.121. The van der Waals surface area contributed by atoms with Crippen LogP contribution < -0.4 is 5.32 Å². The van der Waals surface area contributed by atoms with Gasteiger partial charge in [0.25, 0.3) is 5.91 Å². The first-order valence-electron chi connectivity index (χ1n) is 15.5. The first-order valence-corrected chi connectivity index (χ1v) is 15.5. The SMILES string of the molecule is CCCCCCCCCCCCNC(=O)c1ccc(CN(CCc2cccc(-c3ccccc3)c2)C(=O)C(=O)O)cc1. The van der Waals surface area contributed by atoms with E-state index in [4.69, 9.17) is 0 Å². The van der Waals surface area contributed by atoms with Gasteiger partial charge in [0.15, 0.2) is 0 Å². The molecular weight excluding hydrogens is 524 g/mol. The molecule has 3 rings (SSSR count). The van der Waals surface area contributed by atoms with Crippen molar-refractivity contribution in [2.24, 2.45) is 0 Å². The first kappa shape index (κ1) is 32.6. The van der Waals surface area contributed by atoms with Crippen LogP contribution in [0.25, 0.3) is 11.1 Å². The van der Waals surface area contributed by atoms with Gasteiger partial charge in [-0.05, 0) is 47.2 Å². The Labute approximate surface area is 251 Å². The topological polar surface area (TPSA) is 86.7 Å². The third-order valence-electron chi connectivity index (χ3n) is 7.58. The maximum atomic E-state index is 12.6. The predicted octanol–water partition coefficient (Wildman–Crippen LogP) is 7.66. The van der Waals surface area contributed by atoms with Gasteiger partial charge in [-0.2, -0.15) is 0 Å². The molecule has 42 heavy (non-hydrogen) atoms. The van der Waals surface area contributed by atoms with E-state index in [2.05, 4.69) is 18.3 Å². The highest BCUT2D eigenvalue weighted by molar-refractivity contribution is 6.31. The number of unbranched alkanes of at least 4 members (excludes halogenated alkanes) is 9. The molecule has 2 amide bonds. The van der Waals surface area contributed by atoms with Crippen LogP contribution in [0.3, 0.4) is 0 Å². The molecule has 3 aromatic carbocycles. The van der Waals surface area contributed by atoms with Crippen LogP contribution in [0.4, 0.5) is 0 Å². The van der Waals surface area contributed by atoms with E-state index in [0.29, 0.717) is 18.5 Å². The summed E-state index contributed by atoms with van der Waals surface area (Å²) in [5.74, 6) is -2.53. The lowest BCUT2D eigenvalue weighted by atomic mass is 10.0. The Hall–Kier alpha value is -3.93. The molecule has 0 saturated heterocycles. The second-order valence-electron chi connectivity index (χ2n) is 11.0. The molecule has 6 nitrogen and oxygen atoms in total. The van der Waals surface area contributed by atoms with E-state index < -0.39 is 11.9 Å². The van der Waals surface area contributed by atoms with Crippen LogP contribution in [0.1, 0.15) is 92.6 Å². The van der Waals surface area contributed by atoms with Crippen molar-refractivity contribution in [3.8, 4) is 11.1 Å². The summed E-state index contributed by atoms with van der Waals surface area (Å²) in [5, 5.41) is 12.4. The number of nitrogens with zero attached hydrogens (tertiary/aromatic N) is 1. The number of carboxylic acids is 1. The number of rotatable bonds is 18. The number of hydrogen-bond acceptors (Lipinski definition) is 3. The van der Waals surface area contributed by atoms with Crippen molar-refractivity contribution in [3.05, 3.63) is 95.6 Å². The zero-order valence-corrected chi connectivity index (χ0v) is 25.0. The molecule has 0 bridgehead atoms. The lowest BCUT2D eigenvalue weighted by Crippen LogP contribution is -2.37. The molecule has 0 atom stereocenters. The Balaban J connectivity index is 1.44. The number of carboxylic acid groups (broad SMARTS) is 1. The van der Waals surface area contributed by atoms with E-state index in [1.54, 1.807) is 24.3 Å². The summed E-state index contributed by atoms with van der Waals surface area (Å²) in [6, 6.07) is 25.1. The number of benzene rings is 3. The standard InChI is InChI=1S/C36H46N2O4/c1-2-3-4-5-6-7-8-9-10-14-25-37-34(39)32-22-20-30(21-23-32)28-38(35(40)36(41)42)26-24-29-16-15-19-33(27-29)31-17-12-11-13-18-31/h11-13,15-23,27H,2-10,14,24-26,28H2,1H3,(H,37,39)(H,41,42). The average Bonchev–Trinajstić information content (AvgIpc) is 3.02. The smallest absolute Gasteiger partial charge is 0.394 e. The molecule has 0 spiro atoms. The molecular formula is C36H46N2O4. The average molecular weight is 571 g/mol. The van der Waals surface area contributed by atoms with Crippen molar-refractivity contribution in [1.29, 1.82) is 0 Å². The fourth-order valence-electron chi connectivity index (χ4n) is 5.09. The van der Waals surface area contributed by atoms with Crippen LogP contribution in [0.2, 0.25) is 0 Å². The van der Waals surface area contributed by atoms with E-state index in [9.17, 15) is 19.5 Å². The van der Waals surface area contributed by atoms with Crippen LogP contribution in [0.5, 0.6) is 0 Å². The maximum Gasteiger partial charge on any atom is 0.394 e. The van der Waals surface area contributed by atoms with Crippen LogP contribution >= 0.6 is 0 Å². The summed E-state index contributed by atoms with van der Waals surface area (Å²) >= 11 is 0. The van der Waals surface area contributed by atoms with Gasteiger partial charge in [-0.25, -0.2) is 4.79 Å². The highest BCUT2D eigenvalue weighted by atomic mass is 16.4. The van der Waals surface area contributed by atoms with E-state index in [1.165, 1.54) is 56.3 Å². The van der Waals surface area contributed by atoms with Gasteiger partial charge in [-0.1, -0.05) is 131 Å². The van der Waals surface area contributed by atoms with Gasteiger partial charge in [0.1, 0.15) is 0 Å². The van der Waals surface area contributed by atoms with Crippen LogP contribution in [-0.2, 0) is 22.6 Å². The molecule has 2 N–H and O–H groups in total. The molecule has 3 aromatic rings. The minimum atomic E-state index is -1.48. The lowest BCUT2D eigenvalue weighted by molar-refractivity contribution is -0.156. The minimum absolute atomic E-state index is 0.116. The van der Waals surface area contributed by atoms with Crippen molar-refractivity contribution < 1.29 is 19.5 Å². The molecule has 0 heterocycles. The van der Waals surface area contributed by atoms with Gasteiger partial charge in [-0.15, -0.1) is 0 Å². The van der Waals surface area contributed by atoms with Crippen molar-refractivity contribution in [1.82, 2.24) is 10.2 Å². The number of aliphatic carboxylic acids is 1. The predicted molar refractivity (Wildman–Crippen MR) is 169 cm³/mol. The van der Waals surface area contributed by atoms with E-state index in [-0.39, 0.29) is 19.0 Å². The zero-order valence-electron chi connectivity index (χ0n) is 25.0. The second kappa shape index (κ2) is 18.5. The Morgan fingerprint density at radius 2 is 1.31 bits per heavy atom. The van der Waals surface area contributed by atoms with Gasteiger partial charge in [0, 0.05) is 25.2 Å². The van der Waals surface area contributed by atoms with Crippen molar-refractivity contribution in [2.75, 3.05) is 13.1 Å². The summed E-state index contributed by atoms with van der Waals surface area (Å²) in [6.45, 7) is 3.32. The zero-order chi connectivity index (χ0) is 30.0. The molecule has 0 aliphatic heterocycles. The fraction of sp³-hybridized carbons (Fsp3) is 0.417. The first-order chi connectivity index (χ1) is 20.5. The summed E-state index contributed by atoms with van der Waals surface area (Å²) < 4.78 is 0. The van der Waals surface area contributed by atoms with E-state index >= 15 is 0 Å². The molecule has 0 fully saturated rings. The van der Waals surface area contributed by atoms with Crippen LogP contribution in [-0.4, -0.2) is 40.9 Å². The Morgan fingerprint density at radius 1 is 0.690 bits per heavy atom. The number of carbonyl (C=O) groups is 3. The molecule has 0 unspecified atom stereocenters. The Morgan fingerprint density at radius 3 is 1.95 bits per heavy atom. The Bertz CT molecular complexity index is 1240. The van der Waals surface area contributed by atoms with Gasteiger partial charge in [0.2, 0.25) is 0 Å². The molecule has 0 aliphatic rings. The van der Waals surface area contributed by atoms with Gasteiger partial charge in [-0.3, -0.25) is 9.59 Å². The summed E-state index contributed by atoms with van der Waals surface area (Å²) in [7, 11) is 0. The lowest BCUT2D eigenvalue weighted by Gasteiger charge is -2.21. The van der Waals surface area contributed by atoms with Crippen LogP contribution in [0.15, 0.2) is 78.9 Å². The number of nitrogens with one attached hydrogen (secondary N) is 1. The monoisotopic (exact) mass is 570 g/mol. The molecule has 0 radical (unpaired) electrons. The van der Waals surface area contributed by atoms with Gasteiger partial charge < -0.3 is 15.3 Å². The molecule has 0 aliphatic carbocycles. The third kappa shape index (κ3) is 11.5. The highest BCUT2D eigenvalue weighted by Crippen LogP contribution is 2.20. The number of carbonyl (C=O) groups excluding carboxylic acids is 2. The van der Waals surface area contributed by atoms with E-state index in [1.807, 2.05) is 48.5 Å². The summed E-state index contributed by atoms with van der Waals surface area (Å²) in [5.41, 5.74) is 4.53. The van der Waals surface area contributed by atoms with Gasteiger partial charge in [0.05, 0.1) is 0 Å². The van der Waals surface area contributed by atoms with Gasteiger partial charge >= 0.3 is 11.9 Å². The largest absolute Gasteiger partial charge is 0.474 e. The highest BCUT2D eigenvalue weighted by Gasteiger charge is 2.21. The molecule has 0 aromatic heterocycles. The minimum Gasteiger partial charge on any atom is -0.474 e. The number of hydrogen-bond donors (Lipinski definition) is 2. The fourth-order valence-corrected chi connectivity index (χ4v) is 5.09. The van der Waals surface area contributed by atoms with Crippen molar-refractivity contribution in [2.45, 2.75) is 84.1 Å².